The molecule has 0 unspecified atom stereocenters. The maximum atomic E-state index is 12.7. The smallest absolute Gasteiger partial charge is 0.339 e. The van der Waals surface area contributed by atoms with E-state index in [9.17, 15) is 9.59 Å². The number of aryl methyl sites for hydroxylation is 1. The number of fused-ring (bicyclic) bond motifs is 1. The number of carbonyl (C=O) groups excluding carboxylic acids is 1. The molecule has 3 rings (SSSR count). The fourth-order valence-electron chi connectivity index (χ4n) is 3.02. The van der Waals surface area contributed by atoms with Gasteiger partial charge in [0, 0.05) is 19.7 Å². The Morgan fingerprint density at radius 3 is 2.61 bits per heavy atom. The topological polar surface area (TPSA) is 63.6 Å². The van der Waals surface area contributed by atoms with Crippen molar-refractivity contribution in [3.05, 3.63) is 76.1 Å². The number of esters is 1. The third-order valence-corrected chi connectivity index (χ3v) is 4.95. The van der Waals surface area contributed by atoms with Gasteiger partial charge in [0.25, 0.3) is 5.56 Å². The van der Waals surface area contributed by atoms with E-state index in [1.165, 1.54) is 7.11 Å². The number of pyridine rings is 1. The molecule has 0 aliphatic heterocycles. The van der Waals surface area contributed by atoms with E-state index in [-0.39, 0.29) is 5.56 Å². The van der Waals surface area contributed by atoms with Crippen LogP contribution in [0.5, 0.6) is 0 Å². The molecule has 0 bridgehead atoms. The van der Waals surface area contributed by atoms with Gasteiger partial charge < -0.3 is 19.5 Å². The summed E-state index contributed by atoms with van der Waals surface area (Å²) in [5.41, 5.74) is 2.39. The number of aromatic nitrogens is 1. The van der Waals surface area contributed by atoms with Crippen molar-refractivity contribution in [3.63, 3.8) is 0 Å². The molecule has 2 aromatic carbocycles. The molecule has 0 atom stereocenters. The molecule has 7 heteroatoms. The minimum absolute atomic E-state index is 0.0664. The molecule has 0 fully saturated rings. The number of rotatable bonds is 4. The normalized spacial score (nSPS) is 10.5. The van der Waals surface area contributed by atoms with Crippen LogP contribution in [0.15, 0.2) is 59.4 Å². The zero-order chi connectivity index (χ0) is 20.3. The first-order chi connectivity index (χ1) is 13.4. The first-order valence-corrected chi connectivity index (χ1v) is 9.10. The molecular weight excluding hydrogens is 374 g/mol. The maximum Gasteiger partial charge on any atom is 0.339 e. The Hall–Kier alpha value is -3.19. The highest BCUT2D eigenvalue weighted by Gasteiger charge is 2.15. The number of thiocarbonyl (C=S) groups is 1. The van der Waals surface area contributed by atoms with Crippen LogP contribution in [0.1, 0.15) is 15.9 Å². The van der Waals surface area contributed by atoms with Crippen LogP contribution >= 0.6 is 12.2 Å². The van der Waals surface area contributed by atoms with Crippen molar-refractivity contribution in [2.45, 2.75) is 6.54 Å². The number of nitrogens with zero attached hydrogens (tertiary/aromatic N) is 2. The van der Waals surface area contributed by atoms with E-state index in [1.54, 1.807) is 47.8 Å². The summed E-state index contributed by atoms with van der Waals surface area (Å²) in [5.74, 6) is -0.447. The molecule has 3 aromatic rings. The van der Waals surface area contributed by atoms with E-state index in [4.69, 9.17) is 17.0 Å². The minimum Gasteiger partial charge on any atom is -0.465 e. The second-order valence-electron chi connectivity index (χ2n) is 6.42. The molecule has 1 heterocycles. The highest BCUT2D eigenvalue weighted by molar-refractivity contribution is 7.80. The first kappa shape index (κ1) is 19.6. The number of anilines is 1. The highest BCUT2D eigenvalue weighted by atomic mass is 32.1. The largest absolute Gasteiger partial charge is 0.465 e. The number of carbonyl (C=O) groups is 1. The molecule has 0 aliphatic carbocycles. The summed E-state index contributed by atoms with van der Waals surface area (Å²) < 4.78 is 6.44. The number of ether oxygens (including phenoxy) is 1. The first-order valence-electron chi connectivity index (χ1n) is 8.69. The molecule has 1 N–H and O–H groups in total. The number of hydrogen-bond acceptors (Lipinski definition) is 4. The van der Waals surface area contributed by atoms with Crippen LogP contribution in [-0.2, 0) is 18.3 Å². The second kappa shape index (κ2) is 8.22. The van der Waals surface area contributed by atoms with E-state index in [0.717, 1.165) is 10.9 Å². The standard InChI is InChI=1S/C21H21N3O3S/c1-23(21(28)22-17-10-6-5-9-16(17)20(26)27-3)13-15-12-14-8-4-7-11-18(14)24(2)19(15)25/h4-12H,13H2,1-3H3,(H,22,28). The van der Waals surface area contributed by atoms with Crippen molar-refractivity contribution < 1.29 is 9.53 Å². The van der Waals surface area contributed by atoms with Gasteiger partial charge in [-0.3, -0.25) is 4.79 Å². The lowest BCUT2D eigenvalue weighted by atomic mass is 10.1. The summed E-state index contributed by atoms with van der Waals surface area (Å²) >= 11 is 5.47. The van der Waals surface area contributed by atoms with Crippen LogP contribution < -0.4 is 10.9 Å². The number of methoxy groups -OCH3 is 1. The molecule has 0 amide bonds. The van der Waals surface area contributed by atoms with Gasteiger partial charge in [0.1, 0.15) is 0 Å². The summed E-state index contributed by atoms with van der Waals surface area (Å²) in [6, 6.07) is 16.6. The van der Waals surface area contributed by atoms with Crippen LogP contribution in [0.2, 0.25) is 0 Å². The number of nitrogens with one attached hydrogen (secondary N) is 1. The van der Waals surface area contributed by atoms with E-state index >= 15 is 0 Å². The third kappa shape index (κ3) is 3.89. The van der Waals surface area contributed by atoms with Gasteiger partial charge >= 0.3 is 5.97 Å². The Morgan fingerprint density at radius 2 is 1.86 bits per heavy atom. The van der Waals surface area contributed by atoms with Crippen molar-refractivity contribution >= 4 is 39.9 Å². The lowest BCUT2D eigenvalue weighted by molar-refractivity contribution is 0.0602. The van der Waals surface area contributed by atoms with Gasteiger partial charge in [0.2, 0.25) is 0 Å². The van der Waals surface area contributed by atoms with Gasteiger partial charge in [0.05, 0.1) is 30.4 Å². The fraction of sp³-hybridized carbons (Fsp3) is 0.190. The van der Waals surface area contributed by atoms with Crippen LogP contribution in [0.4, 0.5) is 5.69 Å². The lowest BCUT2D eigenvalue weighted by Crippen LogP contribution is -2.34. The van der Waals surface area contributed by atoms with Crippen LogP contribution in [0.3, 0.4) is 0 Å². The van der Waals surface area contributed by atoms with Crippen LogP contribution in [-0.4, -0.2) is 34.7 Å². The third-order valence-electron chi connectivity index (χ3n) is 4.54. The van der Waals surface area contributed by atoms with Gasteiger partial charge in [0.15, 0.2) is 5.11 Å². The number of benzene rings is 2. The van der Waals surface area contributed by atoms with Gasteiger partial charge in [-0.25, -0.2) is 4.79 Å². The summed E-state index contributed by atoms with van der Waals surface area (Å²) in [6.45, 7) is 0.337. The average Bonchev–Trinajstić information content (AvgIpc) is 2.71. The predicted molar refractivity (Wildman–Crippen MR) is 115 cm³/mol. The summed E-state index contributed by atoms with van der Waals surface area (Å²) in [6.07, 6.45) is 0. The van der Waals surface area contributed by atoms with Gasteiger partial charge in [-0.2, -0.15) is 0 Å². The molecule has 0 saturated heterocycles. The van der Waals surface area contributed by atoms with Crippen LogP contribution in [0.25, 0.3) is 10.9 Å². The average molecular weight is 395 g/mol. The number of para-hydroxylation sites is 2. The zero-order valence-corrected chi connectivity index (χ0v) is 16.7. The van der Waals surface area contributed by atoms with E-state index < -0.39 is 5.97 Å². The molecule has 0 radical (unpaired) electrons. The Labute approximate surface area is 168 Å². The van der Waals surface area contributed by atoms with Gasteiger partial charge in [-0.15, -0.1) is 0 Å². The Bertz CT molecular complexity index is 1110. The molecular formula is C21H21N3O3S. The van der Waals surface area contributed by atoms with E-state index in [0.29, 0.717) is 28.5 Å². The van der Waals surface area contributed by atoms with Gasteiger partial charge in [-0.1, -0.05) is 30.3 Å². The molecule has 6 nitrogen and oxygen atoms in total. The highest BCUT2D eigenvalue weighted by Crippen LogP contribution is 2.17. The molecule has 0 spiro atoms. The van der Waals surface area contributed by atoms with Crippen molar-refractivity contribution in [1.82, 2.24) is 9.47 Å². The lowest BCUT2D eigenvalue weighted by Gasteiger charge is -2.22. The maximum absolute atomic E-state index is 12.7. The quantitative estimate of drug-likeness (QED) is 0.541. The molecule has 0 aliphatic rings. The van der Waals surface area contributed by atoms with Crippen molar-refractivity contribution in [2.24, 2.45) is 7.05 Å². The Balaban J connectivity index is 1.83. The Kier molecular flexibility index (Phi) is 5.75. The van der Waals surface area contributed by atoms with Crippen molar-refractivity contribution in [1.29, 1.82) is 0 Å². The second-order valence-corrected chi connectivity index (χ2v) is 6.80. The molecule has 144 valence electrons. The molecule has 1 aromatic heterocycles. The molecule has 0 saturated carbocycles. The summed E-state index contributed by atoms with van der Waals surface area (Å²) in [5, 5.41) is 4.45. The minimum atomic E-state index is -0.447. The summed E-state index contributed by atoms with van der Waals surface area (Å²) in [4.78, 5) is 26.4. The number of hydrogen-bond donors (Lipinski definition) is 1. The van der Waals surface area contributed by atoms with E-state index in [2.05, 4.69) is 5.32 Å². The van der Waals surface area contributed by atoms with Crippen molar-refractivity contribution in [2.75, 3.05) is 19.5 Å². The van der Waals surface area contributed by atoms with E-state index in [1.807, 2.05) is 30.3 Å². The summed E-state index contributed by atoms with van der Waals surface area (Å²) in [7, 11) is 4.89. The van der Waals surface area contributed by atoms with Gasteiger partial charge in [-0.05, 0) is 41.9 Å². The monoisotopic (exact) mass is 395 g/mol. The zero-order valence-electron chi connectivity index (χ0n) is 15.9. The fourth-order valence-corrected chi connectivity index (χ4v) is 3.20. The van der Waals surface area contributed by atoms with Crippen molar-refractivity contribution in [3.8, 4) is 0 Å². The van der Waals surface area contributed by atoms with Crippen LogP contribution in [0, 0.1) is 0 Å². The Morgan fingerprint density at radius 1 is 1.18 bits per heavy atom. The predicted octanol–water partition coefficient (Wildman–Crippen LogP) is 3.15. The molecule has 28 heavy (non-hydrogen) atoms. The SMILES string of the molecule is COC(=O)c1ccccc1NC(=S)N(C)Cc1cc2ccccc2n(C)c1=O.